The van der Waals surface area contributed by atoms with Crippen molar-refractivity contribution in [3.63, 3.8) is 0 Å². The van der Waals surface area contributed by atoms with Gasteiger partial charge in [0.2, 0.25) is 0 Å². The Balaban J connectivity index is 1.58. The maximum atomic E-state index is 10.7. The minimum atomic E-state index is -0.735. The first kappa shape index (κ1) is 15.9. The highest BCUT2D eigenvalue weighted by Crippen LogP contribution is 2.31. The molecule has 0 radical (unpaired) electrons. The molecule has 0 saturated heterocycles. The molecule has 0 fully saturated rings. The molecule has 25 heavy (non-hydrogen) atoms. The Morgan fingerprint density at radius 1 is 1.16 bits per heavy atom. The van der Waals surface area contributed by atoms with Gasteiger partial charge in [-0.2, -0.15) is 0 Å². The van der Waals surface area contributed by atoms with Gasteiger partial charge in [0.15, 0.2) is 0 Å². The molecule has 2 heterocycles. The molecule has 3 aromatic rings. The van der Waals surface area contributed by atoms with Crippen molar-refractivity contribution < 1.29 is 14.3 Å². The molecular formula is C21H21NO3. The van der Waals surface area contributed by atoms with E-state index in [0.29, 0.717) is 6.54 Å². The SMILES string of the molecule is Cc1ccc2oc(-c3ccc4c(c3)CCN(CCC(=O)O)C4)cc2c1. The van der Waals surface area contributed by atoms with E-state index in [0.717, 1.165) is 41.8 Å². The van der Waals surface area contributed by atoms with E-state index >= 15 is 0 Å². The minimum Gasteiger partial charge on any atom is -0.481 e. The number of benzene rings is 2. The Kier molecular flexibility index (Phi) is 4.06. The molecule has 0 aliphatic carbocycles. The zero-order valence-corrected chi connectivity index (χ0v) is 14.3. The number of rotatable bonds is 4. The van der Waals surface area contributed by atoms with Crippen LogP contribution >= 0.6 is 0 Å². The van der Waals surface area contributed by atoms with Crippen molar-refractivity contribution in [2.75, 3.05) is 13.1 Å². The van der Waals surface area contributed by atoms with E-state index in [1.807, 2.05) is 6.07 Å². The Morgan fingerprint density at radius 3 is 2.88 bits per heavy atom. The van der Waals surface area contributed by atoms with Crippen molar-refractivity contribution in [1.29, 1.82) is 0 Å². The predicted molar refractivity (Wildman–Crippen MR) is 97.6 cm³/mol. The molecule has 2 aromatic carbocycles. The van der Waals surface area contributed by atoms with Crippen molar-refractivity contribution in [2.24, 2.45) is 0 Å². The van der Waals surface area contributed by atoms with Crippen LogP contribution in [0, 0.1) is 6.92 Å². The molecule has 1 aliphatic rings. The van der Waals surface area contributed by atoms with Crippen LogP contribution in [0.2, 0.25) is 0 Å². The summed E-state index contributed by atoms with van der Waals surface area (Å²) in [5.41, 5.74) is 5.87. The fourth-order valence-corrected chi connectivity index (χ4v) is 3.51. The van der Waals surface area contributed by atoms with Crippen molar-refractivity contribution in [2.45, 2.75) is 26.3 Å². The Bertz CT molecular complexity index is 941. The summed E-state index contributed by atoms with van der Waals surface area (Å²) in [7, 11) is 0. The standard InChI is InChI=1S/C21H21NO3/c1-14-2-5-19-18(10-14)12-20(25-19)16-3-4-17-13-22(9-7-21(23)24)8-6-15(17)11-16/h2-5,10-12H,6-9,13H2,1H3,(H,23,24). The van der Waals surface area contributed by atoms with E-state index in [-0.39, 0.29) is 6.42 Å². The highest BCUT2D eigenvalue weighted by atomic mass is 16.4. The maximum absolute atomic E-state index is 10.7. The van der Waals surface area contributed by atoms with Gasteiger partial charge < -0.3 is 9.52 Å². The van der Waals surface area contributed by atoms with Gasteiger partial charge in [-0.25, -0.2) is 0 Å². The molecule has 0 unspecified atom stereocenters. The Labute approximate surface area is 146 Å². The molecule has 0 bridgehead atoms. The summed E-state index contributed by atoms with van der Waals surface area (Å²) in [6.07, 6.45) is 1.15. The van der Waals surface area contributed by atoms with Crippen LogP contribution in [0.1, 0.15) is 23.1 Å². The largest absolute Gasteiger partial charge is 0.481 e. The maximum Gasteiger partial charge on any atom is 0.304 e. The third kappa shape index (κ3) is 3.30. The van der Waals surface area contributed by atoms with Crippen LogP contribution in [-0.2, 0) is 17.8 Å². The topological polar surface area (TPSA) is 53.7 Å². The monoisotopic (exact) mass is 335 g/mol. The summed E-state index contributed by atoms with van der Waals surface area (Å²) in [5.74, 6) is 0.165. The normalized spacial score (nSPS) is 14.6. The fourth-order valence-electron chi connectivity index (χ4n) is 3.51. The number of furan rings is 1. The number of aliphatic carboxylic acids is 1. The first-order chi connectivity index (χ1) is 12.1. The van der Waals surface area contributed by atoms with E-state index in [9.17, 15) is 4.79 Å². The molecular weight excluding hydrogens is 314 g/mol. The number of carboxylic acid groups (broad SMARTS) is 1. The van der Waals surface area contributed by atoms with E-state index in [1.165, 1.54) is 16.7 Å². The van der Waals surface area contributed by atoms with Gasteiger partial charge in [-0.1, -0.05) is 23.8 Å². The van der Waals surface area contributed by atoms with Gasteiger partial charge in [-0.15, -0.1) is 0 Å². The van der Waals surface area contributed by atoms with Crippen LogP contribution in [0.3, 0.4) is 0 Å². The van der Waals surface area contributed by atoms with Crippen LogP contribution in [-0.4, -0.2) is 29.1 Å². The van der Waals surface area contributed by atoms with E-state index in [2.05, 4.69) is 48.2 Å². The lowest BCUT2D eigenvalue weighted by Gasteiger charge is -2.28. The molecule has 1 N–H and O–H groups in total. The number of hydrogen-bond acceptors (Lipinski definition) is 3. The molecule has 1 aromatic heterocycles. The smallest absolute Gasteiger partial charge is 0.304 e. The Morgan fingerprint density at radius 2 is 2.04 bits per heavy atom. The van der Waals surface area contributed by atoms with Crippen LogP contribution < -0.4 is 0 Å². The lowest BCUT2D eigenvalue weighted by molar-refractivity contribution is -0.137. The van der Waals surface area contributed by atoms with Crippen LogP contribution in [0.25, 0.3) is 22.3 Å². The zero-order valence-electron chi connectivity index (χ0n) is 14.3. The number of carbonyl (C=O) groups is 1. The first-order valence-corrected chi connectivity index (χ1v) is 8.65. The van der Waals surface area contributed by atoms with Crippen molar-refractivity contribution in [3.8, 4) is 11.3 Å². The van der Waals surface area contributed by atoms with E-state index in [1.54, 1.807) is 0 Å². The summed E-state index contributed by atoms with van der Waals surface area (Å²) in [6, 6.07) is 14.8. The molecule has 1 aliphatic heterocycles. The predicted octanol–water partition coefficient (Wildman–Crippen LogP) is 4.24. The van der Waals surface area contributed by atoms with Gasteiger partial charge in [0.05, 0.1) is 6.42 Å². The van der Waals surface area contributed by atoms with Gasteiger partial charge in [-0.3, -0.25) is 9.69 Å². The number of carboxylic acids is 1. The van der Waals surface area contributed by atoms with E-state index < -0.39 is 5.97 Å². The second kappa shape index (κ2) is 6.37. The van der Waals surface area contributed by atoms with Gasteiger partial charge in [0, 0.05) is 30.6 Å². The third-order valence-corrected chi connectivity index (χ3v) is 4.90. The van der Waals surface area contributed by atoms with Gasteiger partial charge in [0.1, 0.15) is 11.3 Å². The van der Waals surface area contributed by atoms with Crippen molar-refractivity contribution in [3.05, 3.63) is 59.2 Å². The van der Waals surface area contributed by atoms with Gasteiger partial charge >= 0.3 is 5.97 Å². The summed E-state index contributed by atoms with van der Waals surface area (Å²) in [4.78, 5) is 13.0. The first-order valence-electron chi connectivity index (χ1n) is 8.65. The average molecular weight is 335 g/mol. The molecule has 4 heteroatoms. The summed E-state index contributed by atoms with van der Waals surface area (Å²) in [6.45, 7) is 4.42. The average Bonchev–Trinajstić information content (AvgIpc) is 3.02. The molecule has 0 amide bonds. The highest BCUT2D eigenvalue weighted by Gasteiger charge is 2.18. The number of fused-ring (bicyclic) bond motifs is 2. The highest BCUT2D eigenvalue weighted by molar-refractivity contribution is 5.83. The van der Waals surface area contributed by atoms with Gasteiger partial charge in [0.25, 0.3) is 0 Å². The van der Waals surface area contributed by atoms with Crippen LogP contribution in [0.4, 0.5) is 0 Å². The lowest BCUT2D eigenvalue weighted by Crippen LogP contribution is -2.32. The second-order valence-corrected chi connectivity index (χ2v) is 6.81. The summed E-state index contributed by atoms with van der Waals surface area (Å²) in [5, 5.41) is 9.97. The quantitative estimate of drug-likeness (QED) is 0.775. The number of aryl methyl sites for hydroxylation is 1. The molecule has 4 rings (SSSR count). The van der Waals surface area contributed by atoms with E-state index in [4.69, 9.17) is 9.52 Å². The summed E-state index contributed by atoms with van der Waals surface area (Å²) < 4.78 is 6.01. The van der Waals surface area contributed by atoms with Crippen molar-refractivity contribution >= 4 is 16.9 Å². The lowest BCUT2D eigenvalue weighted by atomic mass is 9.96. The minimum absolute atomic E-state index is 0.200. The van der Waals surface area contributed by atoms with Crippen LogP contribution in [0.15, 0.2) is 46.9 Å². The molecule has 0 saturated carbocycles. The van der Waals surface area contributed by atoms with Crippen molar-refractivity contribution in [1.82, 2.24) is 4.90 Å². The number of hydrogen-bond donors (Lipinski definition) is 1. The Hall–Kier alpha value is -2.59. The zero-order chi connectivity index (χ0) is 17.4. The fraction of sp³-hybridized carbons (Fsp3) is 0.286. The molecule has 4 nitrogen and oxygen atoms in total. The molecule has 128 valence electrons. The second-order valence-electron chi connectivity index (χ2n) is 6.81. The number of nitrogens with zero attached hydrogens (tertiary/aromatic N) is 1. The van der Waals surface area contributed by atoms with Gasteiger partial charge in [-0.05, 0) is 48.7 Å². The third-order valence-electron chi connectivity index (χ3n) is 4.90. The molecule has 0 atom stereocenters. The van der Waals surface area contributed by atoms with Crippen LogP contribution in [0.5, 0.6) is 0 Å². The summed E-state index contributed by atoms with van der Waals surface area (Å²) >= 11 is 0. The molecule has 0 spiro atoms.